The Morgan fingerprint density at radius 1 is 1.40 bits per heavy atom. The second-order valence-electron chi connectivity index (χ2n) is 5.34. The van der Waals surface area contributed by atoms with Crippen molar-refractivity contribution in [2.24, 2.45) is 7.05 Å². The van der Waals surface area contributed by atoms with Gasteiger partial charge in [-0.05, 0) is 46.4 Å². The first-order chi connectivity index (χ1) is 9.70. The second-order valence-corrected chi connectivity index (χ2v) is 6.14. The third-order valence-corrected chi connectivity index (χ3v) is 5.03. The lowest BCUT2D eigenvalue weighted by molar-refractivity contribution is 0.488. The molecule has 3 nitrogen and oxygen atoms in total. The summed E-state index contributed by atoms with van der Waals surface area (Å²) < 4.78 is 3.19. The number of fused-ring (bicyclic) bond motifs is 1. The standard InChI is InChI=1S/C16H20BrN3/c1-3-13-16(17)15(20(2)19-13)10-14-12-7-5-4-6-11(12)8-9-18-14/h4-7,14,18H,3,8-10H2,1-2H3. The van der Waals surface area contributed by atoms with Gasteiger partial charge in [0.2, 0.25) is 0 Å². The van der Waals surface area contributed by atoms with Gasteiger partial charge >= 0.3 is 0 Å². The van der Waals surface area contributed by atoms with Gasteiger partial charge in [0.05, 0.1) is 15.9 Å². The van der Waals surface area contributed by atoms with E-state index in [1.54, 1.807) is 0 Å². The molecule has 0 bridgehead atoms. The number of hydrogen-bond acceptors (Lipinski definition) is 2. The first kappa shape index (κ1) is 13.8. The predicted molar refractivity (Wildman–Crippen MR) is 84.9 cm³/mol. The third-order valence-electron chi connectivity index (χ3n) is 4.12. The van der Waals surface area contributed by atoms with Crippen molar-refractivity contribution in [3.05, 3.63) is 51.3 Å². The summed E-state index contributed by atoms with van der Waals surface area (Å²) in [5, 5.41) is 8.24. The van der Waals surface area contributed by atoms with Crippen LogP contribution in [0.25, 0.3) is 0 Å². The SMILES string of the molecule is CCc1nn(C)c(CC2NCCc3ccccc32)c1Br. The summed E-state index contributed by atoms with van der Waals surface area (Å²) in [6.07, 6.45) is 3.06. The molecule has 1 unspecified atom stereocenters. The number of aromatic nitrogens is 2. The number of nitrogens with zero attached hydrogens (tertiary/aromatic N) is 2. The van der Waals surface area contributed by atoms with Crippen molar-refractivity contribution in [1.29, 1.82) is 0 Å². The van der Waals surface area contributed by atoms with Gasteiger partial charge in [0, 0.05) is 19.5 Å². The molecule has 0 radical (unpaired) electrons. The molecular formula is C16H20BrN3. The molecule has 1 aromatic carbocycles. The van der Waals surface area contributed by atoms with Crippen molar-refractivity contribution in [3.8, 4) is 0 Å². The van der Waals surface area contributed by atoms with Crippen LogP contribution in [0, 0.1) is 0 Å². The van der Waals surface area contributed by atoms with E-state index in [4.69, 9.17) is 0 Å². The van der Waals surface area contributed by atoms with Crippen molar-refractivity contribution < 1.29 is 0 Å². The van der Waals surface area contributed by atoms with Gasteiger partial charge in [-0.2, -0.15) is 5.10 Å². The molecule has 0 spiro atoms. The summed E-state index contributed by atoms with van der Waals surface area (Å²) in [5.41, 5.74) is 5.33. The Bertz CT molecular complexity index is 618. The van der Waals surface area contributed by atoms with Crippen molar-refractivity contribution in [2.45, 2.75) is 32.2 Å². The maximum atomic E-state index is 4.59. The monoisotopic (exact) mass is 333 g/mol. The molecule has 1 aliphatic rings. The molecule has 1 N–H and O–H groups in total. The topological polar surface area (TPSA) is 29.9 Å². The zero-order chi connectivity index (χ0) is 14.1. The minimum Gasteiger partial charge on any atom is -0.309 e. The van der Waals surface area contributed by atoms with Crippen LogP contribution >= 0.6 is 15.9 Å². The highest BCUT2D eigenvalue weighted by Gasteiger charge is 2.23. The van der Waals surface area contributed by atoms with E-state index in [-0.39, 0.29) is 0 Å². The Balaban J connectivity index is 1.91. The van der Waals surface area contributed by atoms with E-state index in [1.165, 1.54) is 21.3 Å². The lowest BCUT2D eigenvalue weighted by Gasteiger charge is -2.27. The van der Waals surface area contributed by atoms with Crippen molar-refractivity contribution >= 4 is 15.9 Å². The molecule has 1 aromatic heterocycles. The van der Waals surface area contributed by atoms with E-state index in [2.05, 4.69) is 57.5 Å². The van der Waals surface area contributed by atoms with Crippen LogP contribution in [0.5, 0.6) is 0 Å². The smallest absolute Gasteiger partial charge is 0.0766 e. The number of hydrogen-bond donors (Lipinski definition) is 1. The van der Waals surface area contributed by atoms with Crippen LogP contribution in [0.15, 0.2) is 28.7 Å². The fourth-order valence-corrected chi connectivity index (χ4v) is 3.79. The zero-order valence-corrected chi connectivity index (χ0v) is 13.6. The van der Waals surface area contributed by atoms with Crippen LogP contribution in [0.4, 0.5) is 0 Å². The predicted octanol–water partition coefficient (Wildman–Crippen LogP) is 3.17. The van der Waals surface area contributed by atoms with Crippen LogP contribution in [0.2, 0.25) is 0 Å². The van der Waals surface area contributed by atoms with Crippen LogP contribution in [0.3, 0.4) is 0 Å². The van der Waals surface area contributed by atoms with E-state index in [0.717, 1.165) is 31.5 Å². The summed E-state index contributed by atoms with van der Waals surface area (Å²) in [4.78, 5) is 0. The van der Waals surface area contributed by atoms with E-state index < -0.39 is 0 Å². The largest absolute Gasteiger partial charge is 0.309 e. The summed E-state index contributed by atoms with van der Waals surface area (Å²) in [5.74, 6) is 0. The summed E-state index contributed by atoms with van der Waals surface area (Å²) in [6.45, 7) is 3.20. The number of rotatable bonds is 3. The Morgan fingerprint density at radius 3 is 2.95 bits per heavy atom. The molecule has 0 amide bonds. The maximum Gasteiger partial charge on any atom is 0.0766 e. The maximum absolute atomic E-state index is 4.59. The lowest BCUT2D eigenvalue weighted by atomic mass is 9.91. The first-order valence-electron chi connectivity index (χ1n) is 7.22. The van der Waals surface area contributed by atoms with E-state index >= 15 is 0 Å². The first-order valence-corrected chi connectivity index (χ1v) is 8.01. The van der Waals surface area contributed by atoms with Crippen molar-refractivity contribution in [1.82, 2.24) is 15.1 Å². The molecule has 2 aromatic rings. The van der Waals surface area contributed by atoms with Crippen LogP contribution in [-0.4, -0.2) is 16.3 Å². The molecule has 0 fully saturated rings. The zero-order valence-electron chi connectivity index (χ0n) is 12.0. The Kier molecular flexibility index (Phi) is 3.94. The van der Waals surface area contributed by atoms with Crippen molar-refractivity contribution in [2.75, 3.05) is 6.54 Å². The highest BCUT2D eigenvalue weighted by atomic mass is 79.9. The molecule has 106 valence electrons. The van der Waals surface area contributed by atoms with E-state index in [9.17, 15) is 0 Å². The molecule has 2 heterocycles. The van der Waals surface area contributed by atoms with Gasteiger partial charge in [0.1, 0.15) is 0 Å². The normalized spacial score (nSPS) is 18.1. The van der Waals surface area contributed by atoms with Gasteiger partial charge < -0.3 is 5.32 Å². The molecule has 0 aliphatic carbocycles. The number of benzene rings is 1. The summed E-state index contributed by atoms with van der Waals surface area (Å²) in [7, 11) is 2.04. The Hall–Kier alpha value is -1.13. The second kappa shape index (κ2) is 5.70. The number of halogens is 1. The van der Waals surface area contributed by atoms with Gasteiger partial charge in [-0.25, -0.2) is 0 Å². The van der Waals surface area contributed by atoms with Crippen LogP contribution < -0.4 is 5.32 Å². The fraction of sp³-hybridized carbons (Fsp3) is 0.438. The summed E-state index contributed by atoms with van der Waals surface area (Å²) >= 11 is 3.72. The van der Waals surface area contributed by atoms with Crippen LogP contribution in [0.1, 0.15) is 35.5 Å². The average Bonchev–Trinajstić information content (AvgIpc) is 2.75. The molecule has 0 saturated carbocycles. The van der Waals surface area contributed by atoms with E-state index in [1.807, 2.05) is 11.7 Å². The van der Waals surface area contributed by atoms with Gasteiger partial charge in [-0.1, -0.05) is 31.2 Å². The van der Waals surface area contributed by atoms with Gasteiger partial charge in [-0.15, -0.1) is 0 Å². The molecular weight excluding hydrogens is 314 g/mol. The van der Waals surface area contributed by atoms with Gasteiger partial charge in [-0.3, -0.25) is 4.68 Å². The molecule has 3 rings (SSSR count). The number of aryl methyl sites for hydroxylation is 2. The number of nitrogens with one attached hydrogen (secondary N) is 1. The lowest BCUT2D eigenvalue weighted by Crippen LogP contribution is -2.31. The third kappa shape index (κ3) is 2.42. The highest BCUT2D eigenvalue weighted by molar-refractivity contribution is 9.10. The highest BCUT2D eigenvalue weighted by Crippen LogP contribution is 2.29. The minimum absolute atomic E-state index is 0.386. The van der Waals surface area contributed by atoms with Gasteiger partial charge in [0.25, 0.3) is 0 Å². The minimum atomic E-state index is 0.386. The van der Waals surface area contributed by atoms with Crippen LogP contribution in [-0.2, 0) is 26.3 Å². The van der Waals surface area contributed by atoms with Crippen molar-refractivity contribution in [3.63, 3.8) is 0 Å². The molecule has 20 heavy (non-hydrogen) atoms. The molecule has 0 saturated heterocycles. The Morgan fingerprint density at radius 2 is 2.20 bits per heavy atom. The average molecular weight is 334 g/mol. The fourth-order valence-electron chi connectivity index (χ4n) is 3.01. The van der Waals surface area contributed by atoms with E-state index in [0.29, 0.717) is 6.04 Å². The molecule has 1 aliphatic heterocycles. The Labute approximate surface area is 128 Å². The molecule has 4 heteroatoms. The summed E-state index contributed by atoms with van der Waals surface area (Å²) in [6, 6.07) is 9.15. The van der Waals surface area contributed by atoms with Gasteiger partial charge in [0.15, 0.2) is 0 Å². The quantitative estimate of drug-likeness (QED) is 0.934. The molecule has 1 atom stereocenters.